The van der Waals surface area contributed by atoms with E-state index in [0.717, 1.165) is 11.1 Å². The molecule has 1 N–H and O–H groups in total. The molecule has 1 amide bonds. The first-order valence-electron chi connectivity index (χ1n) is 8.04. The first-order chi connectivity index (χ1) is 11.1. The molecular formula is C18H24FNO4. The van der Waals surface area contributed by atoms with Gasteiger partial charge in [-0.3, -0.25) is 4.90 Å². The van der Waals surface area contributed by atoms with E-state index >= 15 is 0 Å². The Hall–Kier alpha value is -2.11. The number of carbonyl (C=O) groups is 2. The molecule has 0 bridgehead atoms. The van der Waals surface area contributed by atoms with E-state index < -0.39 is 23.7 Å². The molecule has 1 aliphatic heterocycles. The van der Waals surface area contributed by atoms with Crippen LogP contribution in [0.3, 0.4) is 0 Å². The normalized spacial score (nSPS) is 21.0. The third-order valence-electron chi connectivity index (χ3n) is 4.11. The maximum absolute atomic E-state index is 13.2. The summed E-state index contributed by atoms with van der Waals surface area (Å²) in [4.78, 5) is 25.1. The molecule has 0 radical (unpaired) electrons. The Labute approximate surface area is 141 Å². The number of halogens is 1. The Morgan fingerprint density at radius 2 is 2.04 bits per heavy atom. The van der Waals surface area contributed by atoms with Gasteiger partial charge in [-0.15, -0.1) is 0 Å². The molecular weight excluding hydrogens is 313 g/mol. The minimum Gasteiger partial charge on any atom is -0.480 e. The number of hydrogen-bond donors (Lipinski definition) is 1. The van der Waals surface area contributed by atoms with E-state index in [4.69, 9.17) is 4.74 Å². The lowest BCUT2D eigenvalue weighted by Gasteiger charge is -2.26. The number of aryl methyl sites for hydroxylation is 1. The highest BCUT2D eigenvalue weighted by Gasteiger charge is 2.41. The fourth-order valence-electron chi connectivity index (χ4n) is 3.03. The second kappa shape index (κ2) is 6.79. The van der Waals surface area contributed by atoms with Crippen molar-refractivity contribution >= 4 is 12.1 Å². The fraction of sp³-hybridized carbons (Fsp3) is 0.556. The molecule has 1 aromatic rings. The number of carboxylic acid groups (broad SMARTS) is 1. The standard InChI is InChI=1S/C18H24FNO4/c1-11-7-14(19)6-5-13(11)8-12-9-15(16(21)22)20(10-12)17(23)24-18(2,3)4/h5-7,12,15H,8-10H2,1-4H3,(H,21,22)/t12-,15+/m1/s1. The van der Waals surface area contributed by atoms with Crippen molar-refractivity contribution in [1.29, 1.82) is 0 Å². The summed E-state index contributed by atoms with van der Waals surface area (Å²) in [5.41, 5.74) is 1.13. The van der Waals surface area contributed by atoms with Crippen molar-refractivity contribution in [2.75, 3.05) is 6.54 Å². The van der Waals surface area contributed by atoms with Crippen LogP contribution < -0.4 is 0 Å². The van der Waals surface area contributed by atoms with Gasteiger partial charge in [-0.05, 0) is 69.7 Å². The Bertz CT molecular complexity index is 638. The van der Waals surface area contributed by atoms with Crippen LogP contribution >= 0.6 is 0 Å². The first-order valence-corrected chi connectivity index (χ1v) is 8.04. The maximum Gasteiger partial charge on any atom is 0.411 e. The molecule has 0 spiro atoms. The van der Waals surface area contributed by atoms with E-state index in [1.165, 1.54) is 17.0 Å². The van der Waals surface area contributed by atoms with Crippen LogP contribution in [0.15, 0.2) is 18.2 Å². The number of carboxylic acids is 1. The van der Waals surface area contributed by atoms with Crippen LogP contribution in [0.2, 0.25) is 0 Å². The molecule has 2 rings (SSSR count). The molecule has 5 nitrogen and oxygen atoms in total. The summed E-state index contributed by atoms with van der Waals surface area (Å²) in [5, 5.41) is 9.41. The predicted molar refractivity (Wildman–Crippen MR) is 87.3 cm³/mol. The minimum absolute atomic E-state index is 0.00257. The molecule has 0 aromatic heterocycles. The van der Waals surface area contributed by atoms with Gasteiger partial charge in [0.2, 0.25) is 0 Å². The molecule has 1 fully saturated rings. The zero-order valence-corrected chi connectivity index (χ0v) is 14.5. The van der Waals surface area contributed by atoms with E-state index in [-0.39, 0.29) is 11.7 Å². The van der Waals surface area contributed by atoms with Gasteiger partial charge in [-0.25, -0.2) is 14.0 Å². The number of ether oxygens (including phenoxy) is 1. The molecule has 1 aliphatic rings. The van der Waals surface area contributed by atoms with E-state index in [1.54, 1.807) is 26.8 Å². The molecule has 1 heterocycles. The summed E-state index contributed by atoms with van der Waals surface area (Å²) >= 11 is 0. The van der Waals surface area contributed by atoms with Gasteiger partial charge in [0, 0.05) is 6.54 Å². The molecule has 2 atom stereocenters. The quantitative estimate of drug-likeness (QED) is 0.918. The Balaban J connectivity index is 2.11. The fourth-order valence-corrected chi connectivity index (χ4v) is 3.03. The van der Waals surface area contributed by atoms with Crippen LogP contribution in [0.25, 0.3) is 0 Å². The largest absolute Gasteiger partial charge is 0.480 e. The topological polar surface area (TPSA) is 66.8 Å². The molecule has 0 unspecified atom stereocenters. The summed E-state index contributed by atoms with van der Waals surface area (Å²) in [6.07, 6.45) is 0.369. The summed E-state index contributed by atoms with van der Waals surface area (Å²) in [7, 11) is 0. The maximum atomic E-state index is 13.2. The number of aliphatic carboxylic acids is 1. The van der Waals surface area contributed by atoms with Gasteiger partial charge in [0.25, 0.3) is 0 Å². The number of hydrogen-bond acceptors (Lipinski definition) is 3. The smallest absolute Gasteiger partial charge is 0.411 e. The summed E-state index contributed by atoms with van der Waals surface area (Å²) in [5.74, 6) is -1.32. The lowest BCUT2D eigenvalue weighted by atomic mass is 9.94. The second-order valence-electron chi connectivity index (χ2n) is 7.36. The van der Waals surface area contributed by atoms with Crippen molar-refractivity contribution in [3.05, 3.63) is 35.1 Å². The molecule has 6 heteroatoms. The summed E-state index contributed by atoms with van der Waals surface area (Å²) < 4.78 is 18.5. The van der Waals surface area contributed by atoms with Crippen molar-refractivity contribution in [1.82, 2.24) is 4.90 Å². The highest BCUT2D eigenvalue weighted by molar-refractivity contribution is 5.81. The SMILES string of the molecule is Cc1cc(F)ccc1C[C@@H]1C[C@@H](C(=O)O)N(C(=O)OC(C)(C)C)C1. The minimum atomic E-state index is -1.03. The van der Waals surface area contributed by atoms with Gasteiger partial charge >= 0.3 is 12.1 Å². The van der Waals surface area contributed by atoms with Gasteiger partial charge in [0.05, 0.1) is 0 Å². The Morgan fingerprint density at radius 3 is 2.58 bits per heavy atom. The summed E-state index contributed by atoms with van der Waals surface area (Å²) in [6, 6.07) is 3.70. The molecule has 24 heavy (non-hydrogen) atoms. The monoisotopic (exact) mass is 337 g/mol. The van der Waals surface area contributed by atoms with Gasteiger partial charge in [0.15, 0.2) is 0 Å². The van der Waals surface area contributed by atoms with Crippen molar-refractivity contribution in [2.45, 2.75) is 52.2 Å². The van der Waals surface area contributed by atoms with Crippen molar-refractivity contribution in [2.24, 2.45) is 5.92 Å². The number of amides is 1. The van der Waals surface area contributed by atoms with Crippen LogP contribution in [0, 0.1) is 18.7 Å². The third kappa shape index (κ3) is 4.46. The van der Waals surface area contributed by atoms with E-state index in [1.807, 2.05) is 6.92 Å². The van der Waals surface area contributed by atoms with Crippen molar-refractivity contribution < 1.29 is 23.8 Å². The number of nitrogens with zero attached hydrogens (tertiary/aromatic N) is 1. The highest BCUT2D eigenvalue weighted by atomic mass is 19.1. The molecule has 132 valence electrons. The molecule has 1 saturated heterocycles. The van der Waals surface area contributed by atoms with Crippen LogP contribution in [-0.2, 0) is 16.0 Å². The number of benzene rings is 1. The lowest BCUT2D eigenvalue weighted by Crippen LogP contribution is -2.43. The number of rotatable bonds is 3. The highest BCUT2D eigenvalue weighted by Crippen LogP contribution is 2.29. The van der Waals surface area contributed by atoms with Crippen molar-refractivity contribution in [3.63, 3.8) is 0 Å². The Kier molecular flexibility index (Phi) is 5.16. The zero-order valence-electron chi connectivity index (χ0n) is 14.5. The van der Waals surface area contributed by atoms with E-state index in [9.17, 15) is 19.1 Å². The predicted octanol–water partition coefficient (Wildman–Crippen LogP) is 3.39. The number of likely N-dealkylation sites (tertiary alicyclic amines) is 1. The van der Waals surface area contributed by atoms with Gasteiger partial charge < -0.3 is 9.84 Å². The average molecular weight is 337 g/mol. The van der Waals surface area contributed by atoms with Gasteiger partial charge in [0.1, 0.15) is 17.5 Å². The second-order valence-corrected chi connectivity index (χ2v) is 7.36. The molecule has 1 aromatic carbocycles. The van der Waals surface area contributed by atoms with E-state index in [2.05, 4.69) is 0 Å². The number of carbonyl (C=O) groups excluding carboxylic acids is 1. The first kappa shape index (κ1) is 18.2. The Morgan fingerprint density at radius 1 is 1.38 bits per heavy atom. The van der Waals surface area contributed by atoms with Crippen molar-refractivity contribution in [3.8, 4) is 0 Å². The van der Waals surface area contributed by atoms with Gasteiger partial charge in [-0.1, -0.05) is 6.07 Å². The van der Waals surface area contributed by atoms with Gasteiger partial charge in [-0.2, -0.15) is 0 Å². The van der Waals surface area contributed by atoms with Crippen LogP contribution in [0.5, 0.6) is 0 Å². The van der Waals surface area contributed by atoms with Crippen LogP contribution in [0.4, 0.5) is 9.18 Å². The molecule has 0 saturated carbocycles. The lowest BCUT2D eigenvalue weighted by molar-refractivity contribution is -0.142. The third-order valence-corrected chi connectivity index (χ3v) is 4.11. The average Bonchev–Trinajstić information content (AvgIpc) is 2.84. The zero-order chi connectivity index (χ0) is 18.1. The molecule has 0 aliphatic carbocycles. The van der Waals surface area contributed by atoms with E-state index in [0.29, 0.717) is 19.4 Å². The van der Waals surface area contributed by atoms with Crippen LogP contribution in [-0.4, -0.2) is 40.3 Å². The summed E-state index contributed by atoms with van der Waals surface area (Å²) in [6.45, 7) is 7.39. The van der Waals surface area contributed by atoms with Crippen LogP contribution in [0.1, 0.15) is 38.3 Å².